The van der Waals surface area contributed by atoms with Gasteiger partial charge in [0.15, 0.2) is 0 Å². The van der Waals surface area contributed by atoms with E-state index in [-0.39, 0.29) is 0 Å². The average Bonchev–Trinajstić information content (AvgIpc) is 2.05. The highest BCUT2D eigenvalue weighted by Crippen LogP contribution is 1.91. The zero-order valence-electron chi connectivity index (χ0n) is 6.91. The molecule has 12 heavy (non-hydrogen) atoms. The van der Waals surface area contributed by atoms with Gasteiger partial charge in [-0.3, -0.25) is 0 Å². The number of thiol groups is 1. The molecule has 2 nitrogen and oxygen atoms in total. The van der Waals surface area contributed by atoms with Crippen LogP contribution in [0.4, 0.5) is 0 Å². The molecule has 0 aliphatic carbocycles. The van der Waals surface area contributed by atoms with Crippen LogP contribution in [0.25, 0.3) is 0 Å². The van der Waals surface area contributed by atoms with Crippen LogP contribution < -0.4 is 0 Å². The number of aromatic nitrogens is 2. The lowest BCUT2D eigenvalue weighted by molar-refractivity contribution is 1.07. The van der Waals surface area contributed by atoms with Gasteiger partial charge in [0, 0.05) is 24.1 Å². The second-order valence-corrected chi connectivity index (χ2v) is 2.74. The Labute approximate surface area is 77.8 Å². The summed E-state index contributed by atoms with van der Waals surface area (Å²) in [6, 6.07) is 1.85. The van der Waals surface area contributed by atoms with Crippen molar-refractivity contribution in [3.63, 3.8) is 0 Å². The first-order valence-corrected chi connectivity index (χ1v) is 4.35. The first kappa shape index (κ1) is 9.08. The SMILES string of the molecule is Cc1ccnc(C#CCCS)n1. The summed E-state index contributed by atoms with van der Waals surface area (Å²) in [6.07, 6.45) is 2.49. The van der Waals surface area contributed by atoms with E-state index in [2.05, 4.69) is 34.4 Å². The molecule has 62 valence electrons. The van der Waals surface area contributed by atoms with Crippen molar-refractivity contribution in [2.75, 3.05) is 5.75 Å². The molecule has 0 saturated carbocycles. The maximum atomic E-state index is 4.14. The van der Waals surface area contributed by atoms with E-state index in [0.29, 0.717) is 5.82 Å². The molecular formula is C9H10N2S. The monoisotopic (exact) mass is 178 g/mol. The van der Waals surface area contributed by atoms with Crippen LogP contribution in [0.3, 0.4) is 0 Å². The molecule has 0 fully saturated rings. The number of nitrogens with zero attached hydrogens (tertiary/aromatic N) is 2. The highest BCUT2D eigenvalue weighted by molar-refractivity contribution is 7.80. The second kappa shape index (κ2) is 4.78. The largest absolute Gasteiger partial charge is 0.229 e. The van der Waals surface area contributed by atoms with Gasteiger partial charge in [-0.2, -0.15) is 12.6 Å². The molecule has 0 N–H and O–H groups in total. The number of hydrogen-bond donors (Lipinski definition) is 1. The predicted octanol–water partition coefficient (Wildman–Crippen LogP) is 1.46. The summed E-state index contributed by atoms with van der Waals surface area (Å²) in [7, 11) is 0. The Bertz CT molecular complexity index is 312. The summed E-state index contributed by atoms with van der Waals surface area (Å²) in [6.45, 7) is 1.92. The Morgan fingerprint density at radius 3 is 3.08 bits per heavy atom. The molecule has 0 bridgehead atoms. The van der Waals surface area contributed by atoms with Crippen molar-refractivity contribution < 1.29 is 0 Å². The summed E-state index contributed by atoms with van der Waals surface area (Å²) in [5.41, 5.74) is 0.945. The predicted molar refractivity (Wildman–Crippen MR) is 52.1 cm³/mol. The first-order valence-electron chi connectivity index (χ1n) is 3.72. The van der Waals surface area contributed by atoms with Crippen LogP contribution in [0.15, 0.2) is 12.3 Å². The normalized spacial score (nSPS) is 8.83. The van der Waals surface area contributed by atoms with Crippen LogP contribution >= 0.6 is 12.6 Å². The zero-order valence-corrected chi connectivity index (χ0v) is 7.80. The van der Waals surface area contributed by atoms with Crippen LogP contribution in [0.1, 0.15) is 17.9 Å². The molecule has 1 aromatic rings. The minimum absolute atomic E-state index is 0.594. The van der Waals surface area contributed by atoms with Crippen molar-refractivity contribution >= 4 is 12.6 Å². The summed E-state index contributed by atoms with van der Waals surface area (Å²) >= 11 is 4.04. The van der Waals surface area contributed by atoms with Gasteiger partial charge in [-0.15, -0.1) is 0 Å². The Morgan fingerprint density at radius 2 is 2.42 bits per heavy atom. The van der Waals surface area contributed by atoms with Gasteiger partial charge in [0.2, 0.25) is 5.82 Å². The van der Waals surface area contributed by atoms with E-state index >= 15 is 0 Å². The van der Waals surface area contributed by atoms with Crippen molar-refractivity contribution in [2.45, 2.75) is 13.3 Å². The molecule has 1 rings (SSSR count). The van der Waals surface area contributed by atoms with Gasteiger partial charge < -0.3 is 0 Å². The van der Waals surface area contributed by atoms with E-state index in [9.17, 15) is 0 Å². The molecule has 0 radical (unpaired) electrons. The van der Waals surface area contributed by atoms with Crippen molar-refractivity contribution in [3.8, 4) is 11.8 Å². The summed E-state index contributed by atoms with van der Waals surface area (Å²) in [4.78, 5) is 8.14. The third kappa shape index (κ3) is 2.93. The fourth-order valence-electron chi connectivity index (χ4n) is 0.707. The molecule has 0 aromatic carbocycles. The standard InChI is InChI=1S/C9H10N2S/c1-8-5-6-10-9(11-8)4-2-3-7-12/h5-6,12H,3,7H2,1H3. The molecule has 1 aromatic heterocycles. The van der Waals surface area contributed by atoms with E-state index in [4.69, 9.17) is 0 Å². The van der Waals surface area contributed by atoms with Gasteiger partial charge in [-0.05, 0) is 18.9 Å². The Morgan fingerprint density at radius 1 is 1.58 bits per heavy atom. The molecule has 3 heteroatoms. The van der Waals surface area contributed by atoms with Crippen LogP contribution in [0.2, 0.25) is 0 Å². The summed E-state index contributed by atoms with van der Waals surface area (Å²) in [5.74, 6) is 7.16. The van der Waals surface area contributed by atoms with E-state index < -0.39 is 0 Å². The summed E-state index contributed by atoms with van der Waals surface area (Å²) < 4.78 is 0. The maximum absolute atomic E-state index is 4.14. The molecular weight excluding hydrogens is 168 g/mol. The summed E-state index contributed by atoms with van der Waals surface area (Å²) in [5, 5.41) is 0. The highest BCUT2D eigenvalue weighted by Gasteiger charge is 1.88. The van der Waals surface area contributed by atoms with E-state index in [1.165, 1.54) is 0 Å². The second-order valence-electron chi connectivity index (χ2n) is 2.30. The van der Waals surface area contributed by atoms with Crippen LogP contribution in [-0.4, -0.2) is 15.7 Å². The lowest BCUT2D eigenvalue weighted by Crippen LogP contribution is -1.89. The molecule has 0 atom stereocenters. The third-order valence-electron chi connectivity index (χ3n) is 1.23. The van der Waals surface area contributed by atoms with Gasteiger partial charge in [0.05, 0.1) is 0 Å². The minimum Gasteiger partial charge on any atom is -0.229 e. The fraction of sp³-hybridized carbons (Fsp3) is 0.333. The topological polar surface area (TPSA) is 25.8 Å². The molecule has 0 aliphatic heterocycles. The lowest BCUT2D eigenvalue weighted by Gasteiger charge is -1.89. The van der Waals surface area contributed by atoms with Gasteiger partial charge in [0.25, 0.3) is 0 Å². The van der Waals surface area contributed by atoms with Gasteiger partial charge >= 0.3 is 0 Å². The zero-order chi connectivity index (χ0) is 8.81. The minimum atomic E-state index is 0.594. The number of aryl methyl sites for hydroxylation is 1. The molecule has 0 saturated heterocycles. The molecule has 0 spiro atoms. The molecule has 1 heterocycles. The molecule has 0 aliphatic rings. The number of hydrogen-bond acceptors (Lipinski definition) is 3. The smallest absolute Gasteiger partial charge is 0.205 e. The van der Waals surface area contributed by atoms with Crippen molar-refractivity contribution in [1.82, 2.24) is 9.97 Å². The van der Waals surface area contributed by atoms with Crippen molar-refractivity contribution in [3.05, 3.63) is 23.8 Å². The van der Waals surface area contributed by atoms with Gasteiger partial charge in [-0.1, -0.05) is 5.92 Å². The molecule has 0 amide bonds. The highest BCUT2D eigenvalue weighted by atomic mass is 32.1. The fourth-order valence-corrected chi connectivity index (χ4v) is 0.818. The van der Waals surface area contributed by atoms with Crippen molar-refractivity contribution in [2.24, 2.45) is 0 Å². The van der Waals surface area contributed by atoms with E-state index in [1.807, 2.05) is 13.0 Å². The van der Waals surface area contributed by atoms with Gasteiger partial charge in [0.1, 0.15) is 0 Å². The van der Waals surface area contributed by atoms with E-state index in [1.54, 1.807) is 6.20 Å². The third-order valence-corrected chi connectivity index (χ3v) is 1.46. The van der Waals surface area contributed by atoms with Crippen LogP contribution in [0.5, 0.6) is 0 Å². The quantitative estimate of drug-likeness (QED) is 0.520. The average molecular weight is 178 g/mol. The van der Waals surface area contributed by atoms with Crippen LogP contribution in [-0.2, 0) is 0 Å². The molecule has 0 unspecified atom stereocenters. The van der Waals surface area contributed by atoms with Crippen LogP contribution in [0, 0.1) is 18.8 Å². The van der Waals surface area contributed by atoms with E-state index in [0.717, 1.165) is 17.9 Å². The Kier molecular flexibility index (Phi) is 3.62. The first-order chi connectivity index (χ1) is 5.83. The van der Waals surface area contributed by atoms with Gasteiger partial charge in [-0.25, -0.2) is 9.97 Å². The number of rotatable bonds is 1. The Hall–Kier alpha value is -1.01. The maximum Gasteiger partial charge on any atom is 0.205 e. The lowest BCUT2D eigenvalue weighted by atomic mass is 10.4. The Balaban J connectivity index is 2.71. The van der Waals surface area contributed by atoms with Crippen molar-refractivity contribution in [1.29, 1.82) is 0 Å².